The van der Waals surface area contributed by atoms with Crippen LogP contribution in [0.5, 0.6) is 17.2 Å². The lowest BCUT2D eigenvalue weighted by molar-refractivity contribution is -0.123. The van der Waals surface area contributed by atoms with Gasteiger partial charge in [-0.2, -0.15) is 0 Å². The summed E-state index contributed by atoms with van der Waals surface area (Å²) in [6.45, 7) is 4.58. The molecule has 5 rings (SSSR count). The van der Waals surface area contributed by atoms with Crippen molar-refractivity contribution in [2.45, 2.75) is 32.0 Å². The summed E-state index contributed by atoms with van der Waals surface area (Å²) >= 11 is 6.26. The number of amides is 3. The fourth-order valence-corrected chi connectivity index (χ4v) is 5.27. The Morgan fingerprint density at radius 3 is 2.41 bits per heavy atom. The van der Waals surface area contributed by atoms with E-state index in [4.69, 9.17) is 30.8 Å². The minimum Gasteiger partial charge on any atom is -0.497 e. The number of urea groups is 1. The zero-order valence-electron chi connectivity index (χ0n) is 23.5. The molecular weight excluding hydrogens is 544 g/mol. The molecule has 9 nitrogen and oxygen atoms in total. The number of rotatable bonds is 7. The number of aliphatic imine (C=N–C) groups is 1. The molecule has 41 heavy (non-hydrogen) atoms. The molecular formula is C31H33ClN4O5. The Labute approximate surface area is 244 Å². The number of carbonyl (C=O) groups excluding carboxylic acids is 2. The summed E-state index contributed by atoms with van der Waals surface area (Å²) in [5.41, 5.74) is 2.35. The summed E-state index contributed by atoms with van der Waals surface area (Å²) in [4.78, 5) is 35.2. The molecule has 0 aliphatic carbocycles. The van der Waals surface area contributed by atoms with E-state index in [-0.39, 0.29) is 24.6 Å². The van der Waals surface area contributed by atoms with E-state index in [2.05, 4.69) is 5.32 Å². The maximum absolute atomic E-state index is 14.4. The Bertz CT molecular complexity index is 1460. The smallest absolute Gasteiger partial charge is 0.326 e. The monoisotopic (exact) mass is 576 g/mol. The number of methoxy groups -OCH3 is 2. The highest BCUT2D eigenvalue weighted by Gasteiger charge is 2.45. The summed E-state index contributed by atoms with van der Waals surface area (Å²) < 4.78 is 17.2. The molecule has 2 aliphatic heterocycles. The number of nitrogens with one attached hydrogen (secondary N) is 1. The molecule has 0 saturated carbocycles. The van der Waals surface area contributed by atoms with Gasteiger partial charge < -0.3 is 24.4 Å². The van der Waals surface area contributed by atoms with E-state index < -0.39 is 12.1 Å². The maximum atomic E-state index is 14.4. The van der Waals surface area contributed by atoms with Crippen LogP contribution < -0.4 is 19.5 Å². The van der Waals surface area contributed by atoms with E-state index in [9.17, 15) is 9.59 Å². The summed E-state index contributed by atoms with van der Waals surface area (Å²) in [7, 11) is 3.21. The van der Waals surface area contributed by atoms with Gasteiger partial charge in [-0.25, -0.2) is 4.79 Å². The highest BCUT2D eigenvalue weighted by molar-refractivity contribution is 6.30. The van der Waals surface area contributed by atoms with Crippen molar-refractivity contribution in [1.29, 1.82) is 0 Å². The molecule has 3 amide bonds. The van der Waals surface area contributed by atoms with E-state index in [1.54, 1.807) is 42.2 Å². The number of carbonyl (C=O) groups is 2. The van der Waals surface area contributed by atoms with Crippen molar-refractivity contribution < 1.29 is 23.8 Å². The van der Waals surface area contributed by atoms with Crippen LogP contribution in [0.4, 0.5) is 4.79 Å². The minimum atomic E-state index is -0.541. The van der Waals surface area contributed by atoms with Gasteiger partial charge in [0, 0.05) is 24.2 Å². The molecule has 2 heterocycles. The quantitative estimate of drug-likeness (QED) is 0.415. The van der Waals surface area contributed by atoms with Crippen molar-refractivity contribution >= 4 is 29.4 Å². The van der Waals surface area contributed by atoms with Crippen LogP contribution >= 0.6 is 11.6 Å². The molecule has 1 N–H and O–H groups in total. The Morgan fingerprint density at radius 2 is 1.73 bits per heavy atom. The summed E-state index contributed by atoms with van der Waals surface area (Å²) in [6, 6.07) is 19.2. The van der Waals surface area contributed by atoms with E-state index in [1.807, 2.05) is 62.4 Å². The fraction of sp³-hybridized carbons (Fsp3) is 0.323. The van der Waals surface area contributed by atoms with Crippen LogP contribution in [0.25, 0.3) is 0 Å². The molecule has 2 aliphatic rings. The van der Waals surface area contributed by atoms with Gasteiger partial charge in [0.25, 0.3) is 0 Å². The second kappa shape index (κ2) is 12.1. The molecule has 0 radical (unpaired) electrons. The average molecular weight is 577 g/mol. The Balaban J connectivity index is 1.72. The normalized spacial score (nSPS) is 18.7. The third kappa shape index (κ3) is 5.95. The minimum absolute atomic E-state index is 0.0439. The SMILES string of the molecule is COc1cccc([C@@H]2N=C(c3ccc(OC)cc3OC(C)C)N(C(=O)N3CCNC(=O)C3)[C@@H]2c2ccc(Cl)cc2)c1. The second-order valence-corrected chi connectivity index (χ2v) is 10.6. The topological polar surface area (TPSA) is 92.7 Å². The maximum Gasteiger partial charge on any atom is 0.326 e. The van der Waals surface area contributed by atoms with Gasteiger partial charge in [0.2, 0.25) is 5.91 Å². The van der Waals surface area contributed by atoms with Crippen LogP contribution in [0, 0.1) is 0 Å². The number of halogens is 1. The van der Waals surface area contributed by atoms with Crippen molar-refractivity contribution in [3.05, 3.63) is 88.4 Å². The van der Waals surface area contributed by atoms with Crippen LogP contribution in [-0.2, 0) is 4.79 Å². The molecule has 0 bridgehead atoms. The van der Waals surface area contributed by atoms with Gasteiger partial charge in [0.1, 0.15) is 35.7 Å². The molecule has 214 valence electrons. The highest BCUT2D eigenvalue weighted by atomic mass is 35.5. The van der Waals surface area contributed by atoms with Crippen molar-refractivity contribution in [1.82, 2.24) is 15.1 Å². The number of nitrogens with zero attached hydrogens (tertiary/aromatic N) is 3. The van der Waals surface area contributed by atoms with Gasteiger partial charge >= 0.3 is 6.03 Å². The lowest BCUT2D eigenvalue weighted by atomic mass is 9.93. The predicted octanol–water partition coefficient (Wildman–Crippen LogP) is 5.24. The summed E-state index contributed by atoms with van der Waals surface area (Å²) in [5, 5.41) is 3.38. The lowest BCUT2D eigenvalue weighted by Crippen LogP contribution is -2.55. The van der Waals surface area contributed by atoms with Crippen LogP contribution in [0.15, 0.2) is 71.7 Å². The van der Waals surface area contributed by atoms with Crippen molar-refractivity contribution in [3.8, 4) is 17.2 Å². The summed E-state index contributed by atoms with van der Waals surface area (Å²) in [5.74, 6) is 2.07. The zero-order chi connectivity index (χ0) is 29.1. The largest absolute Gasteiger partial charge is 0.497 e. The van der Waals surface area contributed by atoms with Gasteiger partial charge in [-0.05, 0) is 61.4 Å². The first-order valence-electron chi connectivity index (χ1n) is 13.5. The molecule has 3 aromatic rings. The van der Waals surface area contributed by atoms with E-state index >= 15 is 0 Å². The third-order valence-electron chi connectivity index (χ3n) is 7.02. The first-order chi connectivity index (χ1) is 19.8. The highest BCUT2D eigenvalue weighted by Crippen LogP contribution is 2.46. The Hall–Kier alpha value is -4.24. The van der Waals surface area contributed by atoms with Crippen LogP contribution in [0.3, 0.4) is 0 Å². The average Bonchev–Trinajstić information content (AvgIpc) is 3.37. The predicted molar refractivity (Wildman–Crippen MR) is 157 cm³/mol. The molecule has 0 spiro atoms. The van der Waals surface area contributed by atoms with Gasteiger partial charge in [0.15, 0.2) is 0 Å². The number of hydrogen-bond acceptors (Lipinski definition) is 6. The van der Waals surface area contributed by atoms with Crippen molar-refractivity contribution in [3.63, 3.8) is 0 Å². The Kier molecular flexibility index (Phi) is 8.35. The van der Waals surface area contributed by atoms with E-state index in [1.165, 1.54) is 0 Å². The lowest BCUT2D eigenvalue weighted by Gasteiger charge is -2.36. The molecule has 1 fully saturated rings. The fourth-order valence-electron chi connectivity index (χ4n) is 5.14. The van der Waals surface area contributed by atoms with Crippen LogP contribution in [0.2, 0.25) is 5.02 Å². The zero-order valence-corrected chi connectivity index (χ0v) is 24.2. The van der Waals surface area contributed by atoms with Gasteiger partial charge in [0.05, 0.1) is 31.9 Å². The van der Waals surface area contributed by atoms with E-state index in [0.29, 0.717) is 46.8 Å². The van der Waals surface area contributed by atoms with Gasteiger partial charge in [-0.15, -0.1) is 0 Å². The first kappa shape index (κ1) is 28.3. The molecule has 2 atom stereocenters. The standard InChI is InChI=1S/C31H33ClN4O5/c1-19(2)41-26-17-24(40-4)12-13-25(26)30-34-28(21-6-5-7-23(16-21)39-3)29(20-8-10-22(32)11-9-20)36(30)31(38)35-15-14-33-27(37)18-35/h5-13,16-17,19,28-29H,14-15,18H2,1-4H3,(H,33,37)/t28-,29+/m0/s1. The molecule has 3 aromatic carbocycles. The number of hydrogen-bond donors (Lipinski definition) is 1. The molecule has 10 heteroatoms. The number of ether oxygens (including phenoxy) is 3. The third-order valence-corrected chi connectivity index (χ3v) is 7.27. The molecule has 0 aromatic heterocycles. The Morgan fingerprint density at radius 1 is 1.00 bits per heavy atom. The van der Waals surface area contributed by atoms with Crippen molar-refractivity contribution in [2.75, 3.05) is 33.9 Å². The second-order valence-electron chi connectivity index (χ2n) is 10.1. The van der Waals surface area contributed by atoms with Gasteiger partial charge in [-0.3, -0.25) is 14.7 Å². The van der Waals surface area contributed by atoms with E-state index in [0.717, 1.165) is 11.1 Å². The number of piperazine rings is 1. The molecule has 1 saturated heterocycles. The van der Waals surface area contributed by atoms with Crippen LogP contribution in [0.1, 0.15) is 42.6 Å². The summed E-state index contributed by atoms with van der Waals surface area (Å²) in [6.07, 6.45) is -0.140. The van der Waals surface area contributed by atoms with Crippen molar-refractivity contribution in [2.24, 2.45) is 4.99 Å². The first-order valence-corrected chi connectivity index (χ1v) is 13.8. The van der Waals surface area contributed by atoms with Crippen LogP contribution in [-0.4, -0.2) is 67.5 Å². The number of amidine groups is 1. The van der Waals surface area contributed by atoms with Gasteiger partial charge in [-0.1, -0.05) is 35.9 Å². The number of benzene rings is 3. The molecule has 0 unspecified atom stereocenters.